The van der Waals surface area contributed by atoms with Gasteiger partial charge in [-0.3, -0.25) is 0 Å². The Bertz CT molecular complexity index is 92.7. The van der Waals surface area contributed by atoms with Gasteiger partial charge in [-0.2, -0.15) is 0 Å². The molecule has 0 bridgehead atoms. The van der Waals surface area contributed by atoms with Crippen LogP contribution in [0.3, 0.4) is 0 Å². The zero-order valence-corrected chi connectivity index (χ0v) is 5.35. The quantitative estimate of drug-likeness (QED) is 0.491. The first-order valence-electron chi connectivity index (χ1n) is 2.61. The van der Waals surface area contributed by atoms with Gasteiger partial charge in [-0.1, -0.05) is 0 Å². The molecule has 0 aliphatic rings. The molecule has 0 fully saturated rings. The van der Waals surface area contributed by atoms with Crippen LogP contribution in [0.25, 0.3) is 0 Å². The Kier molecular flexibility index (Phi) is 4.23. The highest BCUT2D eigenvalue weighted by Gasteiger charge is 1.83. The molecule has 0 unspecified atom stereocenters. The molecule has 0 rings (SSSR count). The van der Waals surface area contributed by atoms with Crippen molar-refractivity contribution in [3.8, 4) is 0 Å². The molecule has 2 nitrogen and oxygen atoms in total. The van der Waals surface area contributed by atoms with E-state index in [2.05, 4.69) is 0 Å². The summed E-state index contributed by atoms with van der Waals surface area (Å²) in [7, 11) is 3.94. The zero-order valence-electron chi connectivity index (χ0n) is 5.35. The van der Waals surface area contributed by atoms with Crippen molar-refractivity contribution >= 4 is 5.94 Å². The molecule has 0 radical (unpaired) electrons. The molecule has 46 valence electrons. The Morgan fingerprint density at radius 2 is 2.25 bits per heavy atom. The largest absolute Gasteiger partial charge is 0.309 e. The first kappa shape index (κ1) is 7.41. The third kappa shape index (κ3) is 5.41. The van der Waals surface area contributed by atoms with Crippen molar-refractivity contribution in [2.24, 2.45) is 0 Å². The van der Waals surface area contributed by atoms with E-state index in [0.717, 1.165) is 13.0 Å². The van der Waals surface area contributed by atoms with Crippen LogP contribution in [0.1, 0.15) is 6.42 Å². The molecular formula is C6H11NO. The van der Waals surface area contributed by atoms with Crippen molar-refractivity contribution in [1.82, 2.24) is 4.90 Å². The highest BCUT2D eigenvalue weighted by Crippen LogP contribution is 1.80. The molecule has 0 aromatic carbocycles. The summed E-state index contributed by atoms with van der Waals surface area (Å²) in [6.07, 6.45) is 2.30. The van der Waals surface area contributed by atoms with Crippen molar-refractivity contribution in [2.75, 3.05) is 20.6 Å². The normalized spacial score (nSPS) is 8.88. The summed E-state index contributed by atoms with van der Waals surface area (Å²) in [5, 5.41) is 0. The Hall–Kier alpha value is -0.590. The lowest BCUT2D eigenvalue weighted by atomic mass is 10.4. The molecule has 0 N–H and O–H groups in total. The minimum Gasteiger partial charge on any atom is -0.309 e. The second-order valence-corrected chi connectivity index (χ2v) is 1.91. The van der Waals surface area contributed by atoms with Gasteiger partial charge >= 0.3 is 0 Å². The number of hydrogen-bond donors (Lipinski definition) is 0. The highest BCUT2D eigenvalue weighted by molar-refractivity contribution is 5.44. The molecule has 8 heavy (non-hydrogen) atoms. The molecule has 0 aromatic rings. The third-order valence-electron chi connectivity index (χ3n) is 0.804. The number of nitrogens with zero attached hydrogens (tertiary/aromatic N) is 1. The number of hydrogen-bond acceptors (Lipinski definition) is 2. The standard InChI is InChI=1S/C6H11NO/c1-7(2)5-3-4-6-8/h4H,3,5H2,1-2H3. The molecule has 0 aliphatic carbocycles. The molecule has 0 spiro atoms. The van der Waals surface area contributed by atoms with Crippen LogP contribution in [0.5, 0.6) is 0 Å². The van der Waals surface area contributed by atoms with Crippen molar-refractivity contribution < 1.29 is 4.79 Å². The van der Waals surface area contributed by atoms with Gasteiger partial charge in [-0.15, -0.1) is 0 Å². The predicted molar refractivity (Wildman–Crippen MR) is 33.4 cm³/mol. The van der Waals surface area contributed by atoms with E-state index in [1.165, 1.54) is 6.08 Å². The van der Waals surface area contributed by atoms with E-state index in [0.29, 0.717) is 0 Å². The highest BCUT2D eigenvalue weighted by atomic mass is 16.1. The van der Waals surface area contributed by atoms with Crippen LogP contribution in [-0.2, 0) is 4.79 Å². The molecular weight excluding hydrogens is 102 g/mol. The Morgan fingerprint density at radius 3 is 2.62 bits per heavy atom. The van der Waals surface area contributed by atoms with Gasteiger partial charge in [0.15, 0.2) is 0 Å². The number of rotatable bonds is 3. The average Bonchev–Trinajstić information content (AvgIpc) is 1.66. The van der Waals surface area contributed by atoms with Crippen LogP contribution in [0.4, 0.5) is 0 Å². The first-order valence-corrected chi connectivity index (χ1v) is 2.61. The van der Waals surface area contributed by atoms with Gasteiger partial charge in [0, 0.05) is 12.6 Å². The van der Waals surface area contributed by atoms with Crippen LogP contribution in [-0.4, -0.2) is 31.5 Å². The number of carbonyl (C=O) groups excluding carboxylic acids is 1. The maximum absolute atomic E-state index is 9.59. The van der Waals surface area contributed by atoms with Gasteiger partial charge < -0.3 is 4.90 Å². The minimum atomic E-state index is 0.802. The minimum absolute atomic E-state index is 0.802. The van der Waals surface area contributed by atoms with E-state index in [1.54, 1.807) is 5.94 Å². The van der Waals surface area contributed by atoms with Gasteiger partial charge in [-0.05, 0) is 20.5 Å². The Labute approximate surface area is 49.8 Å². The van der Waals surface area contributed by atoms with E-state index in [1.807, 2.05) is 19.0 Å². The van der Waals surface area contributed by atoms with E-state index in [-0.39, 0.29) is 0 Å². The van der Waals surface area contributed by atoms with Crippen LogP contribution < -0.4 is 0 Å². The van der Waals surface area contributed by atoms with Crippen molar-refractivity contribution in [3.05, 3.63) is 6.08 Å². The Morgan fingerprint density at radius 1 is 1.62 bits per heavy atom. The predicted octanol–water partition coefficient (Wildman–Crippen LogP) is 0.326. The SMILES string of the molecule is CN(C)CCC=C=O. The molecule has 0 aliphatic heterocycles. The fourth-order valence-corrected chi connectivity index (χ4v) is 0.382. The smallest absolute Gasteiger partial charge is 0.120 e. The van der Waals surface area contributed by atoms with Crippen molar-refractivity contribution in [1.29, 1.82) is 0 Å². The van der Waals surface area contributed by atoms with Gasteiger partial charge in [0.1, 0.15) is 5.94 Å². The molecule has 0 amide bonds. The average molecular weight is 113 g/mol. The van der Waals surface area contributed by atoms with Crippen molar-refractivity contribution in [3.63, 3.8) is 0 Å². The monoisotopic (exact) mass is 113 g/mol. The van der Waals surface area contributed by atoms with Crippen LogP contribution in [0.15, 0.2) is 6.08 Å². The van der Waals surface area contributed by atoms with Gasteiger partial charge in [0.25, 0.3) is 0 Å². The maximum atomic E-state index is 9.59. The molecule has 2 heteroatoms. The van der Waals surface area contributed by atoms with Gasteiger partial charge in [-0.25, -0.2) is 4.79 Å². The molecule has 0 saturated carbocycles. The lowest BCUT2D eigenvalue weighted by Gasteiger charge is -2.04. The van der Waals surface area contributed by atoms with E-state index in [9.17, 15) is 4.79 Å². The summed E-state index contributed by atoms with van der Waals surface area (Å²) < 4.78 is 0. The van der Waals surface area contributed by atoms with E-state index in [4.69, 9.17) is 0 Å². The topological polar surface area (TPSA) is 20.3 Å². The van der Waals surface area contributed by atoms with Crippen LogP contribution >= 0.6 is 0 Å². The molecule has 0 saturated heterocycles. The maximum Gasteiger partial charge on any atom is 0.120 e. The van der Waals surface area contributed by atoms with Crippen LogP contribution in [0, 0.1) is 0 Å². The second-order valence-electron chi connectivity index (χ2n) is 1.91. The van der Waals surface area contributed by atoms with Gasteiger partial charge in [0.2, 0.25) is 0 Å². The molecule has 0 heterocycles. The fraction of sp³-hybridized carbons (Fsp3) is 0.667. The first-order chi connectivity index (χ1) is 3.77. The second kappa shape index (κ2) is 4.57. The van der Waals surface area contributed by atoms with Gasteiger partial charge in [0.05, 0.1) is 0 Å². The van der Waals surface area contributed by atoms with E-state index < -0.39 is 0 Å². The summed E-state index contributed by atoms with van der Waals surface area (Å²) >= 11 is 0. The summed E-state index contributed by atoms with van der Waals surface area (Å²) in [5.41, 5.74) is 0. The summed E-state index contributed by atoms with van der Waals surface area (Å²) in [4.78, 5) is 11.6. The molecule has 0 aromatic heterocycles. The summed E-state index contributed by atoms with van der Waals surface area (Å²) in [6, 6.07) is 0. The summed E-state index contributed by atoms with van der Waals surface area (Å²) in [6.45, 7) is 0.926. The molecule has 0 atom stereocenters. The van der Waals surface area contributed by atoms with Crippen molar-refractivity contribution in [2.45, 2.75) is 6.42 Å². The Balaban J connectivity index is 3.05. The lowest BCUT2D eigenvalue weighted by molar-refractivity contribution is 0.417. The zero-order chi connectivity index (χ0) is 6.41. The van der Waals surface area contributed by atoms with Crippen LogP contribution in [0.2, 0.25) is 0 Å². The fourth-order valence-electron chi connectivity index (χ4n) is 0.382. The van der Waals surface area contributed by atoms with E-state index >= 15 is 0 Å². The third-order valence-corrected chi connectivity index (χ3v) is 0.804. The lowest BCUT2D eigenvalue weighted by Crippen LogP contribution is -2.11. The summed E-state index contributed by atoms with van der Waals surface area (Å²) in [5.74, 6) is 1.72.